The van der Waals surface area contributed by atoms with Gasteiger partial charge >= 0.3 is 5.97 Å². The Labute approximate surface area is 74.6 Å². The fourth-order valence-electron chi connectivity index (χ4n) is 0.517. The van der Waals surface area contributed by atoms with Crippen molar-refractivity contribution in [1.82, 2.24) is 0 Å². The Balaban J connectivity index is 3.65. The average molecular weight is 194 g/mol. The van der Waals surface area contributed by atoms with Crippen molar-refractivity contribution in [2.24, 2.45) is 0 Å². The Bertz CT molecular complexity index is 169. The predicted molar refractivity (Wildman–Crippen MR) is 46.1 cm³/mol. The lowest BCUT2D eigenvalue weighted by atomic mass is 10.4. The molecule has 0 aliphatic rings. The Morgan fingerprint density at radius 3 is 2.67 bits per heavy atom. The molecule has 0 aliphatic carbocycles. The van der Waals surface area contributed by atoms with Crippen LogP contribution in [0.4, 0.5) is 0 Å². The molecule has 4 nitrogen and oxygen atoms in total. The largest absolute Gasteiger partial charge is 0.465 e. The molecule has 2 atom stereocenters. The van der Waals surface area contributed by atoms with Crippen LogP contribution in [0.5, 0.6) is 0 Å². The standard InChI is InChI=1S/C7H14O4S/c1-3-4-5-11-7(8)6(2)12(9)10/h6H,3-5H2,1-2H3,(H,9,10). The minimum atomic E-state index is -2.12. The molecule has 0 aromatic carbocycles. The van der Waals surface area contributed by atoms with E-state index in [4.69, 9.17) is 9.29 Å². The number of rotatable bonds is 5. The lowest BCUT2D eigenvalue weighted by molar-refractivity contribution is -0.142. The van der Waals surface area contributed by atoms with Crippen molar-refractivity contribution in [3.63, 3.8) is 0 Å². The van der Waals surface area contributed by atoms with Gasteiger partial charge in [0.1, 0.15) is 0 Å². The zero-order chi connectivity index (χ0) is 9.56. The summed E-state index contributed by atoms with van der Waals surface area (Å²) in [5, 5.41) is -0.943. The third-order valence-corrected chi connectivity index (χ3v) is 2.17. The zero-order valence-corrected chi connectivity index (χ0v) is 8.10. The third-order valence-electron chi connectivity index (χ3n) is 1.38. The molecular formula is C7H14O4S. The maximum absolute atomic E-state index is 10.9. The highest BCUT2D eigenvalue weighted by Gasteiger charge is 2.19. The molecule has 0 rings (SSSR count). The summed E-state index contributed by atoms with van der Waals surface area (Å²) in [5.41, 5.74) is 0. The van der Waals surface area contributed by atoms with Crippen molar-refractivity contribution in [3.8, 4) is 0 Å². The fourth-order valence-corrected chi connectivity index (χ4v) is 0.749. The van der Waals surface area contributed by atoms with Crippen LogP contribution in [0, 0.1) is 0 Å². The van der Waals surface area contributed by atoms with E-state index in [-0.39, 0.29) is 0 Å². The highest BCUT2D eigenvalue weighted by molar-refractivity contribution is 7.80. The van der Waals surface area contributed by atoms with Crippen molar-refractivity contribution >= 4 is 17.0 Å². The molecular weight excluding hydrogens is 180 g/mol. The Morgan fingerprint density at radius 1 is 1.67 bits per heavy atom. The van der Waals surface area contributed by atoms with Gasteiger partial charge < -0.3 is 9.29 Å². The molecule has 1 N–H and O–H groups in total. The first-order valence-electron chi connectivity index (χ1n) is 3.85. The Kier molecular flexibility index (Phi) is 5.92. The number of carbonyl (C=O) groups excluding carboxylic acids is 1. The highest BCUT2D eigenvalue weighted by Crippen LogP contribution is 1.97. The first kappa shape index (κ1) is 11.6. The highest BCUT2D eigenvalue weighted by atomic mass is 32.2. The summed E-state index contributed by atoms with van der Waals surface area (Å²) in [6, 6.07) is 0. The monoisotopic (exact) mass is 194 g/mol. The van der Waals surface area contributed by atoms with Crippen LogP contribution in [0.25, 0.3) is 0 Å². The molecule has 0 aromatic rings. The fraction of sp³-hybridized carbons (Fsp3) is 0.857. The van der Waals surface area contributed by atoms with E-state index < -0.39 is 22.3 Å². The van der Waals surface area contributed by atoms with E-state index in [1.54, 1.807) is 0 Å². The molecule has 0 aromatic heterocycles. The quantitative estimate of drug-likeness (QED) is 0.402. The van der Waals surface area contributed by atoms with Gasteiger partial charge in [0.15, 0.2) is 16.3 Å². The summed E-state index contributed by atoms with van der Waals surface area (Å²) >= 11 is -2.12. The SMILES string of the molecule is CCCCOC(=O)C(C)S(=O)O. The summed E-state index contributed by atoms with van der Waals surface area (Å²) < 4.78 is 23.6. The van der Waals surface area contributed by atoms with Gasteiger partial charge in [0.25, 0.3) is 0 Å². The molecule has 0 saturated carbocycles. The maximum atomic E-state index is 10.9. The smallest absolute Gasteiger partial charge is 0.323 e. The second kappa shape index (κ2) is 6.14. The molecule has 0 heterocycles. The van der Waals surface area contributed by atoms with Crippen molar-refractivity contribution in [3.05, 3.63) is 0 Å². The normalized spacial score (nSPS) is 15.2. The van der Waals surface area contributed by atoms with E-state index in [0.29, 0.717) is 6.61 Å². The second-order valence-electron chi connectivity index (χ2n) is 2.44. The Hall–Kier alpha value is -0.420. The van der Waals surface area contributed by atoms with Crippen molar-refractivity contribution in [1.29, 1.82) is 0 Å². The predicted octanol–water partition coefficient (Wildman–Crippen LogP) is 0.940. The summed E-state index contributed by atoms with van der Waals surface area (Å²) in [4.78, 5) is 10.9. The molecule has 2 unspecified atom stereocenters. The van der Waals surface area contributed by atoms with Crippen molar-refractivity contribution < 1.29 is 18.3 Å². The van der Waals surface area contributed by atoms with Gasteiger partial charge in [-0.3, -0.25) is 4.79 Å². The Morgan fingerprint density at radius 2 is 2.25 bits per heavy atom. The second-order valence-corrected chi connectivity index (χ2v) is 3.70. The topological polar surface area (TPSA) is 63.6 Å². The lowest BCUT2D eigenvalue weighted by Crippen LogP contribution is -2.24. The van der Waals surface area contributed by atoms with Crippen LogP contribution in [-0.2, 0) is 20.6 Å². The molecule has 0 amide bonds. The zero-order valence-electron chi connectivity index (χ0n) is 7.28. The molecule has 0 saturated heterocycles. The van der Waals surface area contributed by atoms with Gasteiger partial charge in [-0.15, -0.1) is 0 Å². The molecule has 72 valence electrons. The summed E-state index contributed by atoms with van der Waals surface area (Å²) in [6.07, 6.45) is 1.72. The van der Waals surface area contributed by atoms with Crippen molar-refractivity contribution in [2.45, 2.75) is 31.9 Å². The molecule has 0 bridgehead atoms. The third kappa shape index (κ3) is 4.46. The molecule has 12 heavy (non-hydrogen) atoms. The maximum Gasteiger partial charge on any atom is 0.323 e. The van der Waals surface area contributed by atoms with E-state index in [1.165, 1.54) is 6.92 Å². The first-order valence-corrected chi connectivity index (χ1v) is 5.02. The lowest BCUT2D eigenvalue weighted by Gasteiger charge is -2.06. The van der Waals surface area contributed by atoms with E-state index in [2.05, 4.69) is 0 Å². The van der Waals surface area contributed by atoms with Gasteiger partial charge in [0.05, 0.1) is 6.61 Å². The molecule has 5 heteroatoms. The minimum absolute atomic E-state index is 0.330. The van der Waals surface area contributed by atoms with Crippen molar-refractivity contribution in [2.75, 3.05) is 6.61 Å². The van der Waals surface area contributed by atoms with E-state index in [1.807, 2.05) is 6.92 Å². The summed E-state index contributed by atoms with van der Waals surface area (Å²) in [5.74, 6) is -0.607. The van der Waals surface area contributed by atoms with Crippen LogP contribution in [0.3, 0.4) is 0 Å². The van der Waals surface area contributed by atoms with Gasteiger partial charge in [-0.05, 0) is 13.3 Å². The molecule has 0 aliphatic heterocycles. The summed E-state index contributed by atoms with van der Waals surface area (Å²) in [6.45, 7) is 3.67. The van der Waals surface area contributed by atoms with Crippen LogP contribution < -0.4 is 0 Å². The molecule has 0 spiro atoms. The van der Waals surface area contributed by atoms with Crippen LogP contribution in [0.2, 0.25) is 0 Å². The van der Waals surface area contributed by atoms with Gasteiger partial charge in [-0.2, -0.15) is 0 Å². The van der Waals surface area contributed by atoms with Crippen LogP contribution in [0.1, 0.15) is 26.7 Å². The number of ether oxygens (including phenoxy) is 1. The average Bonchev–Trinajstić information content (AvgIpc) is 2.03. The number of unbranched alkanes of at least 4 members (excludes halogenated alkanes) is 1. The van der Waals surface area contributed by atoms with E-state index >= 15 is 0 Å². The van der Waals surface area contributed by atoms with Gasteiger partial charge in [0, 0.05) is 0 Å². The van der Waals surface area contributed by atoms with E-state index in [0.717, 1.165) is 12.8 Å². The van der Waals surface area contributed by atoms with Crippen LogP contribution in [-0.4, -0.2) is 26.6 Å². The number of hydrogen-bond acceptors (Lipinski definition) is 3. The minimum Gasteiger partial charge on any atom is -0.465 e. The van der Waals surface area contributed by atoms with Gasteiger partial charge in [-0.25, -0.2) is 4.21 Å². The molecule has 0 fully saturated rings. The number of carbonyl (C=O) groups is 1. The number of esters is 1. The van der Waals surface area contributed by atoms with Gasteiger partial charge in [0.2, 0.25) is 0 Å². The van der Waals surface area contributed by atoms with E-state index in [9.17, 15) is 9.00 Å². The number of hydrogen-bond donors (Lipinski definition) is 1. The van der Waals surface area contributed by atoms with Crippen LogP contribution >= 0.6 is 0 Å². The van der Waals surface area contributed by atoms with Crippen LogP contribution in [0.15, 0.2) is 0 Å². The molecule has 0 radical (unpaired) electrons. The summed E-state index contributed by atoms with van der Waals surface area (Å²) in [7, 11) is 0. The first-order chi connectivity index (χ1) is 5.59. The van der Waals surface area contributed by atoms with Gasteiger partial charge in [-0.1, -0.05) is 13.3 Å².